The molecular weight excluding hydrogens is 251 g/mol. The molecule has 2 nitrogen and oxygen atoms in total. The molecule has 0 aliphatic rings. The average molecular weight is 280 g/mol. The van der Waals surface area contributed by atoms with Gasteiger partial charge in [-0.3, -0.25) is 4.90 Å². The van der Waals surface area contributed by atoms with Crippen LogP contribution in [0, 0.1) is 5.82 Å². The molecule has 3 heteroatoms. The normalized spacial score (nSPS) is 13.4. The third-order valence-corrected chi connectivity index (χ3v) is 3.77. The first kappa shape index (κ1) is 17.1. The smallest absolute Gasteiger partial charge is 0.123 e. The minimum absolute atomic E-state index is 0.172. The molecule has 0 amide bonds. The van der Waals surface area contributed by atoms with Crippen molar-refractivity contribution in [3.63, 3.8) is 0 Å². The van der Waals surface area contributed by atoms with Crippen molar-refractivity contribution in [2.75, 3.05) is 13.1 Å². The predicted molar refractivity (Wildman–Crippen MR) is 84.4 cm³/mol. The first-order valence-electron chi connectivity index (χ1n) is 7.70. The second-order valence-corrected chi connectivity index (χ2v) is 5.89. The Morgan fingerprint density at radius 3 is 2.05 bits per heavy atom. The van der Waals surface area contributed by atoms with Gasteiger partial charge in [0.15, 0.2) is 0 Å². The molecule has 1 aromatic carbocycles. The number of nitrogens with one attached hydrogen (secondary N) is 1. The molecule has 0 heterocycles. The number of rotatable bonds is 8. The fraction of sp³-hybridized carbons (Fsp3) is 0.647. The molecule has 0 aliphatic heterocycles. The van der Waals surface area contributed by atoms with Crippen LogP contribution in [0.25, 0.3) is 0 Å². The Morgan fingerprint density at radius 1 is 1.05 bits per heavy atom. The van der Waals surface area contributed by atoms with Gasteiger partial charge in [0.25, 0.3) is 0 Å². The second-order valence-electron chi connectivity index (χ2n) is 5.89. The highest BCUT2D eigenvalue weighted by atomic mass is 19.1. The van der Waals surface area contributed by atoms with E-state index in [4.69, 9.17) is 0 Å². The Labute approximate surface area is 123 Å². The fourth-order valence-corrected chi connectivity index (χ4v) is 2.67. The summed E-state index contributed by atoms with van der Waals surface area (Å²) in [5, 5.41) is 3.58. The van der Waals surface area contributed by atoms with Gasteiger partial charge in [-0.2, -0.15) is 0 Å². The summed E-state index contributed by atoms with van der Waals surface area (Å²) in [4.78, 5) is 2.48. The molecule has 1 aromatic rings. The number of nitrogens with zero attached hydrogens (tertiary/aromatic N) is 1. The molecule has 0 spiro atoms. The van der Waals surface area contributed by atoms with E-state index >= 15 is 0 Å². The van der Waals surface area contributed by atoms with E-state index in [1.54, 1.807) is 0 Å². The van der Waals surface area contributed by atoms with E-state index in [-0.39, 0.29) is 5.82 Å². The molecule has 0 bridgehead atoms. The van der Waals surface area contributed by atoms with Crippen molar-refractivity contribution in [1.82, 2.24) is 10.2 Å². The molecule has 0 saturated carbocycles. The minimum Gasteiger partial charge on any atom is -0.309 e. The monoisotopic (exact) mass is 280 g/mol. The quantitative estimate of drug-likeness (QED) is 0.774. The van der Waals surface area contributed by atoms with E-state index < -0.39 is 0 Å². The summed E-state index contributed by atoms with van der Waals surface area (Å²) in [6.45, 7) is 13.1. The molecule has 0 saturated heterocycles. The van der Waals surface area contributed by atoms with Crippen molar-refractivity contribution in [1.29, 1.82) is 0 Å². The van der Waals surface area contributed by atoms with Gasteiger partial charge in [0, 0.05) is 31.2 Å². The van der Waals surface area contributed by atoms with Crippen LogP contribution in [0.5, 0.6) is 0 Å². The molecule has 0 aromatic heterocycles. The number of hydrogen-bond acceptors (Lipinski definition) is 2. The Hall–Kier alpha value is -0.930. The van der Waals surface area contributed by atoms with E-state index in [1.165, 1.54) is 12.1 Å². The van der Waals surface area contributed by atoms with Gasteiger partial charge in [-0.05, 0) is 51.8 Å². The van der Waals surface area contributed by atoms with E-state index in [1.807, 2.05) is 12.1 Å². The van der Waals surface area contributed by atoms with Crippen LogP contribution >= 0.6 is 0 Å². The summed E-state index contributed by atoms with van der Waals surface area (Å²) in [5.74, 6) is -0.172. The number of hydrogen-bond donors (Lipinski definition) is 1. The highest BCUT2D eigenvalue weighted by Crippen LogP contribution is 2.16. The molecule has 114 valence electrons. The van der Waals surface area contributed by atoms with Gasteiger partial charge in [-0.15, -0.1) is 0 Å². The van der Waals surface area contributed by atoms with E-state index in [9.17, 15) is 4.39 Å². The Bertz CT molecular complexity index is 365. The van der Waals surface area contributed by atoms with Crippen molar-refractivity contribution < 1.29 is 4.39 Å². The van der Waals surface area contributed by atoms with E-state index in [0.717, 1.165) is 25.1 Å². The maximum Gasteiger partial charge on any atom is 0.123 e. The van der Waals surface area contributed by atoms with Gasteiger partial charge in [-0.1, -0.05) is 19.1 Å². The summed E-state index contributed by atoms with van der Waals surface area (Å²) < 4.78 is 13.0. The van der Waals surface area contributed by atoms with Crippen LogP contribution in [-0.4, -0.2) is 30.1 Å². The maximum atomic E-state index is 13.0. The highest BCUT2D eigenvalue weighted by molar-refractivity contribution is 5.19. The molecule has 1 N–H and O–H groups in total. The minimum atomic E-state index is -0.172. The third-order valence-electron chi connectivity index (χ3n) is 3.77. The van der Waals surface area contributed by atoms with Gasteiger partial charge in [-0.25, -0.2) is 4.39 Å². The maximum absolute atomic E-state index is 13.0. The second kappa shape index (κ2) is 8.38. The molecule has 1 atom stereocenters. The zero-order valence-corrected chi connectivity index (χ0v) is 13.5. The Morgan fingerprint density at radius 2 is 1.60 bits per heavy atom. The van der Waals surface area contributed by atoms with Crippen LogP contribution in [0.4, 0.5) is 4.39 Å². The van der Waals surface area contributed by atoms with E-state index in [0.29, 0.717) is 18.1 Å². The van der Waals surface area contributed by atoms with Gasteiger partial charge < -0.3 is 5.32 Å². The van der Waals surface area contributed by atoms with E-state index in [2.05, 4.69) is 44.8 Å². The average Bonchev–Trinajstić information content (AvgIpc) is 2.39. The zero-order chi connectivity index (χ0) is 15.1. The summed E-state index contributed by atoms with van der Waals surface area (Å²) in [6, 6.07) is 8.24. The predicted octanol–water partition coefficient (Wildman–Crippen LogP) is 3.99. The van der Waals surface area contributed by atoms with Crippen LogP contribution in [-0.2, 0) is 0 Å². The first-order chi connectivity index (χ1) is 9.45. The van der Waals surface area contributed by atoms with Gasteiger partial charge >= 0.3 is 0 Å². The molecular formula is C17H29FN2. The molecule has 0 aliphatic carbocycles. The summed E-state index contributed by atoms with van der Waals surface area (Å²) >= 11 is 0. The lowest BCUT2D eigenvalue weighted by Gasteiger charge is -2.31. The van der Waals surface area contributed by atoms with Crippen molar-refractivity contribution in [2.45, 2.75) is 59.2 Å². The van der Waals surface area contributed by atoms with Crippen LogP contribution in [0.1, 0.15) is 52.6 Å². The largest absolute Gasteiger partial charge is 0.309 e. The van der Waals surface area contributed by atoms with Crippen molar-refractivity contribution in [3.05, 3.63) is 35.6 Å². The van der Waals surface area contributed by atoms with Crippen LogP contribution < -0.4 is 5.32 Å². The van der Waals surface area contributed by atoms with Crippen LogP contribution in [0.2, 0.25) is 0 Å². The highest BCUT2D eigenvalue weighted by Gasteiger charge is 2.14. The lowest BCUT2D eigenvalue weighted by molar-refractivity contribution is 0.173. The lowest BCUT2D eigenvalue weighted by Crippen LogP contribution is -2.42. The van der Waals surface area contributed by atoms with Crippen molar-refractivity contribution in [3.8, 4) is 0 Å². The van der Waals surface area contributed by atoms with Crippen LogP contribution in [0.3, 0.4) is 0 Å². The Balaban J connectivity index is 2.51. The SMILES string of the molecule is CCC(NCCN(C(C)C)C(C)C)c1ccc(F)cc1. The van der Waals surface area contributed by atoms with Crippen molar-refractivity contribution in [2.24, 2.45) is 0 Å². The van der Waals surface area contributed by atoms with Gasteiger partial charge in [0.2, 0.25) is 0 Å². The summed E-state index contributed by atoms with van der Waals surface area (Å²) in [7, 11) is 0. The standard InChI is InChI=1S/C17H29FN2/c1-6-17(15-7-9-16(18)10-8-15)19-11-12-20(13(2)3)14(4)5/h7-10,13-14,17,19H,6,11-12H2,1-5H3. The first-order valence-corrected chi connectivity index (χ1v) is 7.70. The summed E-state index contributed by atoms with van der Waals surface area (Å²) in [5.41, 5.74) is 1.16. The molecule has 1 unspecified atom stereocenters. The lowest BCUT2D eigenvalue weighted by atomic mass is 10.0. The molecule has 20 heavy (non-hydrogen) atoms. The Kier molecular flexibility index (Phi) is 7.17. The number of halogens is 1. The number of benzene rings is 1. The summed E-state index contributed by atoms with van der Waals surface area (Å²) in [6.07, 6.45) is 1.01. The molecule has 0 fully saturated rings. The molecule has 0 radical (unpaired) electrons. The fourth-order valence-electron chi connectivity index (χ4n) is 2.67. The van der Waals surface area contributed by atoms with Gasteiger partial charge in [0.05, 0.1) is 0 Å². The van der Waals surface area contributed by atoms with Gasteiger partial charge in [0.1, 0.15) is 5.82 Å². The van der Waals surface area contributed by atoms with Crippen molar-refractivity contribution >= 4 is 0 Å². The van der Waals surface area contributed by atoms with Crippen LogP contribution in [0.15, 0.2) is 24.3 Å². The topological polar surface area (TPSA) is 15.3 Å². The molecule has 1 rings (SSSR count). The third kappa shape index (κ3) is 5.22. The zero-order valence-electron chi connectivity index (χ0n) is 13.5.